The molecule has 3 N–H and O–H groups in total. The van der Waals surface area contributed by atoms with Crippen molar-refractivity contribution in [2.24, 2.45) is 0 Å². The molecule has 252 valence electrons. The SMILES string of the molecule is COc1cc(OC)c(OC)cc1/C=C(/NC(=O)c1ccccc1)C(=O)Nc1cccc(SCC(=O)Nc2scc(-c3ccccc3)c2C#N)c1. The molecule has 0 unspecified atom stereocenters. The van der Waals surface area contributed by atoms with Crippen LogP contribution in [0.2, 0.25) is 0 Å². The van der Waals surface area contributed by atoms with E-state index in [9.17, 15) is 19.6 Å². The van der Waals surface area contributed by atoms with Crippen molar-refractivity contribution in [2.45, 2.75) is 4.90 Å². The Morgan fingerprint density at radius 2 is 1.50 bits per heavy atom. The Morgan fingerprint density at radius 1 is 0.820 bits per heavy atom. The van der Waals surface area contributed by atoms with E-state index in [1.54, 1.807) is 60.7 Å². The Morgan fingerprint density at radius 3 is 2.18 bits per heavy atom. The minimum Gasteiger partial charge on any atom is -0.496 e. The summed E-state index contributed by atoms with van der Waals surface area (Å²) in [7, 11) is 4.47. The van der Waals surface area contributed by atoms with Gasteiger partial charge >= 0.3 is 0 Å². The lowest BCUT2D eigenvalue weighted by Gasteiger charge is -2.15. The van der Waals surface area contributed by atoms with E-state index in [0.717, 1.165) is 16.0 Å². The summed E-state index contributed by atoms with van der Waals surface area (Å²) in [5, 5.41) is 20.6. The number of nitrogens with one attached hydrogen (secondary N) is 3. The van der Waals surface area contributed by atoms with Gasteiger partial charge in [-0.3, -0.25) is 14.4 Å². The fourth-order valence-electron chi connectivity index (χ4n) is 4.83. The third-order valence-electron chi connectivity index (χ3n) is 7.27. The van der Waals surface area contributed by atoms with Gasteiger partial charge < -0.3 is 30.2 Å². The summed E-state index contributed by atoms with van der Waals surface area (Å²) in [6.07, 6.45) is 1.49. The van der Waals surface area contributed by atoms with Crippen LogP contribution in [0, 0.1) is 11.3 Å². The van der Waals surface area contributed by atoms with E-state index in [2.05, 4.69) is 22.0 Å². The van der Waals surface area contributed by atoms with Crippen LogP contribution >= 0.6 is 23.1 Å². The summed E-state index contributed by atoms with van der Waals surface area (Å²) in [5.41, 5.74) is 3.29. The van der Waals surface area contributed by atoms with E-state index in [-0.39, 0.29) is 17.4 Å². The predicted octanol–water partition coefficient (Wildman–Crippen LogP) is 7.45. The number of thiophene rings is 1. The number of rotatable bonds is 13. The summed E-state index contributed by atoms with van der Waals surface area (Å²) >= 11 is 2.57. The number of nitriles is 1. The topological polar surface area (TPSA) is 139 Å². The minimum absolute atomic E-state index is 0.0547. The third-order valence-corrected chi connectivity index (χ3v) is 9.16. The molecule has 50 heavy (non-hydrogen) atoms. The van der Waals surface area contributed by atoms with Crippen LogP contribution in [0.15, 0.2) is 113 Å². The maximum Gasteiger partial charge on any atom is 0.272 e. The molecule has 10 nitrogen and oxygen atoms in total. The van der Waals surface area contributed by atoms with Crippen molar-refractivity contribution < 1.29 is 28.6 Å². The highest BCUT2D eigenvalue weighted by Crippen LogP contribution is 2.37. The number of amides is 3. The number of nitrogens with zero attached hydrogens (tertiary/aromatic N) is 1. The first-order valence-corrected chi connectivity index (χ1v) is 17.0. The molecular weight excluding hydrogens is 673 g/mol. The molecule has 0 saturated heterocycles. The van der Waals surface area contributed by atoms with Gasteiger partial charge in [0, 0.05) is 38.7 Å². The van der Waals surface area contributed by atoms with Crippen LogP contribution in [0.4, 0.5) is 10.7 Å². The fourth-order valence-corrected chi connectivity index (χ4v) is 6.52. The summed E-state index contributed by atoms with van der Waals surface area (Å²) < 4.78 is 16.4. The molecule has 0 aliphatic carbocycles. The Balaban J connectivity index is 1.32. The van der Waals surface area contributed by atoms with Crippen molar-refractivity contribution in [1.82, 2.24) is 5.32 Å². The van der Waals surface area contributed by atoms with Gasteiger partial charge in [-0.05, 0) is 48.0 Å². The Bertz CT molecular complexity index is 2070. The van der Waals surface area contributed by atoms with Gasteiger partial charge in [0.05, 0.1) is 32.6 Å². The fraction of sp³-hybridized carbons (Fsp3) is 0.105. The van der Waals surface area contributed by atoms with Gasteiger partial charge in [-0.15, -0.1) is 23.1 Å². The summed E-state index contributed by atoms with van der Waals surface area (Å²) in [4.78, 5) is 40.5. The van der Waals surface area contributed by atoms with E-state index in [0.29, 0.717) is 44.6 Å². The lowest BCUT2D eigenvalue weighted by molar-refractivity contribution is -0.114. The highest BCUT2D eigenvalue weighted by molar-refractivity contribution is 8.00. The second kappa shape index (κ2) is 16.9. The predicted molar refractivity (Wildman–Crippen MR) is 197 cm³/mol. The number of carbonyl (C=O) groups is 3. The smallest absolute Gasteiger partial charge is 0.272 e. The number of methoxy groups -OCH3 is 3. The van der Waals surface area contributed by atoms with Crippen molar-refractivity contribution in [2.75, 3.05) is 37.7 Å². The van der Waals surface area contributed by atoms with Gasteiger partial charge in [0.25, 0.3) is 11.8 Å². The zero-order valence-corrected chi connectivity index (χ0v) is 28.9. The van der Waals surface area contributed by atoms with Crippen molar-refractivity contribution in [1.29, 1.82) is 5.26 Å². The van der Waals surface area contributed by atoms with Gasteiger partial charge in [-0.25, -0.2) is 0 Å². The zero-order chi connectivity index (χ0) is 35.5. The van der Waals surface area contributed by atoms with Crippen molar-refractivity contribution in [3.63, 3.8) is 0 Å². The number of ether oxygens (including phenoxy) is 3. The van der Waals surface area contributed by atoms with Gasteiger partial charge in [0.15, 0.2) is 11.5 Å². The first-order chi connectivity index (χ1) is 24.3. The van der Waals surface area contributed by atoms with E-state index in [4.69, 9.17) is 14.2 Å². The molecule has 5 aromatic rings. The lowest BCUT2D eigenvalue weighted by Crippen LogP contribution is -2.30. The molecule has 3 amide bonds. The lowest BCUT2D eigenvalue weighted by atomic mass is 10.1. The van der Waals surface area contributed by atoms with Crippen LogP contribution < -0.4 is 30.2 Å². The van der Waals surface area contributed by atoms with Crippen LogP contribution in [0.5, 0.6) is 17.2 Å². The van der Waals surface area contributed by atoms with Gasteiger partial charge in [-0.2, -0.15) is 5.26 Å². The highest BCUT2D eigenvalue weighted by atomic mass is 32.2. The normalized spacial score (nSPS) is 10.8. The molecule has 12 heteroatoms. The molecule has 0 saturated carbocycles. The first kappa shape index (κ1) is 35.3. The molecule has 5 rings (SSSR count). The monoisotopic (exact) mass is 704 g/mol. The van der Waals surface area contributed by atoms with Crippen LogP contribution in [0.25, 0.3) is 17.2 Å². The highest BCUT2D eigenvalue weighted by Gasteiger charge is 2.19. The second-order valence-electron chi connectivity index (χ2n) is 10.5. The number of anilines is 2. The Hall–Kier alpha value is -6.03. The van der Waals surface area contributed by atoms with Crippen molar-refractivity contribution in [3.05, 3.63) is 125 Å². The van der Waals surface area contributed by atoms with Crippen molar-refractivity contribution in [3.8, 4) is 34.4 Å². The average molecular weight is 705 g/mol. The number of thioether (sulfide) groups is 1. The van der Waals surface area contributed by atoms with Gasteiger partial charge in [-0.1, -0.05) is 54.6 Å². The largest absolute Gasteiger partial charge is 0.496 e. The standard InChI is InChI=1S/C38H32N4O6S2/c1-46-32-20-34(48-3)33(47-2)18-26(32)17-31(41-36(44)25-13-8-5-9-14-25)37(45)40-27-15-10-16-28(19-27)49-23-35(43)42-38-29(21-39)30(22-50-38)24-11-6-4-7-12-24/h4-20,22H,23H2,1-3H3,(H,40,45)(H,41,44)(H,42,43)/b31-17+. The molecule has 1 heterocycles. The minimum atomic E-state index is -0.595. The molecule has 0 bridgehead atoms. The van der Waals surface area contributed by atoms with Gasteiger partial charge in [0.1, 0.15) is 22.5 Å². The maximum absolute atomic E-state index is 13.7. The number of carbonyl (C=O) groups excluding carboxylic acids is 3. The summed E-state index contributed by atoms with van der Waals surface area (Å²) in [5.74, 6) is -0.0638. The van der Waals surface area contributed by atoms with Crippen LogP contribution in [-0.2, 0) is 9.59 Å². The number of hydrogen-bond donors (Lipinski definition) is 3. The van der Waals surface area contributed by atoms with E-state index < -0.39 is 11.8 Å². The zero-order valence-electron chi connectivity index (χ0n) is 27.3. The number of hydrogen-bond acceptors (Lipinski definition) is 9. The van der Waals surface area contributed by atoms with E-state index in [1.807, 2.05) is 41.8 Å². The molecule has 0 fully saturated rings. The van der Waals surface area contributed by atoms with E-state index >= 15 is 0 Å². The van der Waals surface area contributed by atoms with Crippen LogP contribution in [-0.4, -0.2) is 44.8 Å². The molecule has 0 radical (unpaired) electrons. The quantitative estimate of drug-likeness (QED) is 0.0849. The Kier molecular flexibility index (Phi) is 11.9. The molecule has 0 atom stereocenters. The Labute approximate surface area is 297 Å². The molecule has 0 aliphatic heterocycles. The third kappa shape index (κ3) is 8.70. The first-order valence-electron chi connectivity index (χ1n) is 15.1. The van der Waals surface area contributed by atoms with Crippen LogP contribution in [0.1, 0.15) is 21.5 Å². The molecule has 1 aromatic heterocycles. The van der Waals surface area contributed by atoms with Crippen molar-refractivity contribution >= 4 is 57.6 Å². The number of benzene rings is 4. The maximum atomic E-state index is 13.7. The second-order valence-corrected chi connectivity index (χ2v) is 12.4. The molecule has 0 aliphatic rings. The van der Waals surface area contributed by atoms with Gasteiger partial charge in [0.2, 0.25) is 5.91 Å². The molecular formula is C38H32N4O6S2. The van der Waals surface area contributed by atoms with Crippen LogP contribution in [0.3, 0.4) is 0 Å². The average Bonchev–Trinajstić information content (AvgIpc) is 3.56. The molecule has 0 spiro atoms. The molecule has 4 aromatic carbocycles. The van der Waals surface area contributed by atoms with E-state index in [1.165, 1.54) is 50.5 Å². The summed E-state index contributed by atoms with van der Waals surface area (Å²) in [6, 6.07) is 30.5. The summed E-state index contributed by atoms with van der Waals surface area (Å²) in [6.45, 7) is 0.